The number of halogens is 1. The van der Waals surface area contributed by atoms with Crippen LogP contribution in [0.1, 0.15) is 17.0 Å². The van der Waals surface area contributed by atoms with E-state index in [1.165, 1.54) is 0 Å². The summed E-state index contributed by atoms with van der Waals surface area (Å²) in [6.45, 7) is 4.44. The Hall–Kier alpha value is -2.53. The van der Waals surface area contributed by atoms with E-state index in [1.54, 1.807) is 7.11 Å². The molecule has 2 aromatic carbocycles. The van der Waals surface area contributed by atoms with Crippen LogP contribution in [0, 0.1) is 13.8 Å². The molecule has 0 aliphatic heterocycles. The summed E-state index contributed by atoms with van der Waals surface area (Å²) >= 11 is 6.29. The molecule has 1 aromatic heterocycles. The topological polar surface area (TPSA) is 60.2 Å². The average Bonchev–Trinajstić information content (AvgIpc) is 3.03. The lowest BCUT2D eigenvalue weighted by molar-refractivity contribution is 0.415. The zero-order valence-corrected chi connectivity index (χ0v) is 14.5. The van der Waals surface area contributed by atoms with Crippen LogP contribution in [-0.2, 0) is 6.54 Å². The Bertz CT molecular complexity index is 821. The molecule has 3 aromatic rings. The lowest BCUT2D eigenvalue weighted by Crippen LogP contribution is -2.02. The van der Waals surface area contributed by atoms with Crippen LogP contribution < -0.4 is 10.1 Å². The lowest BCUT2D eigenvalue weighted by Gasteiger charge is -2.10. The molecule has 0 fully saturated rings. The molecule has 0 saturated carbocycles. The van der Waals surface area contributed by atoms with Gasteiger partial charge in [0, 0.05) is 5.56 Å². The summed E-state index contributed by atoms with van der Waals surface area (Å²) in [6.07, 6.45) is 0. The summed E-state index contributed by atoms with van der Waals surface area (Å²) in [7, 11) is 1.63. The molecular formula is C18H18ClN3O2. The summed E-state index contributed by atoms with van der Waals surface area (Å²) in [6, 6.07) is 11.5. The van der Waals surface area contributed by atoms with Gasteiger partial charge in [0.05, 0.1) is 24.4 Å². The summed E-state index contributed by atoms with van der Waals surface area (Å²) in [5.74, 6) is 1.75. The highest BCUT2D eigenvalue weighted by Gasteiger charge is 2.10. The zero-order chi connectivity index (χ0) is 17.1. The number of rotatable bonds is 5. The minimum Gasteiger partial charge on any atom is -0.497 e. The van der Waals surface area contributed by atoms with Crippen molar-refractivity contribution in [1.82, 2.24) is 10.2 Å². The molecule has 0 amide bonds. The van der Waals surface area contributed by atoms with E-state index in [2.05, 4.69) is 21.6 Å². The van der Waals surface area contributed by atoms with Gasteiger partial charge in [-0.1, -0.05) is 17.7 Å². The fourth-order valence-corrected chi connectivity index (χ4v) is 2.87. The van der Waals surface area contributed by atoms with Gasteiger partial charge in [0.2, 0.25) is 11.8 Å². The summed E-state index contributed by atoms with van der Waals surface area (Å²) in [5, 5.41) is 12.1. The standard InChI is InChI=1S/C18H18ClN3O2/c1-11-8-12(2)17(15(19)9-11)20-10-16-21-22-18(24-16)13-4-6-14(23-3)7-5-13/h4-9,20H,10H2,1-3H3. The van der Waals surface area contributed by atoms with Gasteiger partial charge in [-0.15, -0.1) is 10.2 Å². The number of aromatic nitrogens is 2. The Kier molecular flexibility index (Phi) is 4.71. The molecule has 5 nitrogen and oxygen atoms in total. The first-order valence-corrected chi connectivity index (χ1v) is 7.92. The first-order chi connectivity index (χ1) is 11.6. The molecule has 0 radical (unpaired) electrons. The molecule has 0 unspecified atom stereocenters. The van der Waals surface area contributed by atoms with E-state index in [-0.39, 0.29) is 0 Å². The molecule has 124 valence electrons. The van der Waals surface area contributed by atoms with Crippen LogP contribution in [0.4, 0.5) is 5.69 Å². The smallest absolute Gasteiger partial charge is 0.247 e. The maximum atomic E-state index is 6.29. The van der Waals surface area contributed by atoms with Crippen molar-refractivity contribution in [3.63, 3.8) is 0 Å². The Morgan fingerprint density at radius 3 is 2.54 bits per heavy atom. The fourth-order valence-electron chi connectivity index (χ4n) is 2.48. The summed E-state index contributed by atoms with van der Waals surface area (Å²) in [4.78, 5) is 0. The predicted molar refractivity (Wildman–Crippen MR) is 94.5 cm³/mol. The SMILES string of the molecule is COc1ccc(-c2nnc(CNc3c(C)cc(C)cc3Cl)o2)cc1. The number of aryl methyl sites for hydroxylation is 2. The van der Waals surface area contributed by atoms with Crippen molar-refractivity contribution >= 4 is 17.3 Å². The number of benzene rings is 2. The minimum atomic E-state index is 0.409. The van der Waals surface area contributed by atoms with Crippen LogP contribution in [0.3, 0.4) is 0 Å². The number of nitrogens with zero attached hydrogens (tertiary/aromatic N) is 2. The van der Waals surface area contributed by atoms with Gasteiger partial charge >= 0.3 is 0 Å². The van der Waals surface area contributed by atoms with Crippen molar-refractivity contribution < 1.29 is 9.15 Å². The van der Waals surface area contributed by atoms with Crippen molar-refractivity contribution in [3.8, 4) is 17.2 Å². The van der Waals surface area contributed by atoms with Gasteiger partial charge < -0.3 is 14.5 Å². The third-order valence-corrected chi connectivity index (χ3v) is 3.95. The molecule has 0 aliphatic rings. The maximum absolute atomic E-state index is 6.29. The van der Waals surface area contributed by atoms with Crippen LogP contribution in [0.5, 0.6) is 5.75 Å². The quantitative estimate of drug-likeness (QED) is 0.732. The van der Waals surface area contributed by atoms with E-state index >= 15 is 0 Å². The summed E-state index contributed by atoms with van der Waals surface area (Å²) < 4.78 is 10.8. The van der Waals surface area contributed by atoms with Crippen molar-refractivity contribution in [2.75, 3.05) is 12.4 Å². The van der Waals surface area contributed by atoms with Gasteiger partial charge in [-0.05, 0) is 55.3 Å². The van der Waals surface area contributed by atoms with E-state index in [0.717, 1.165) is 28.1 Å². The fraction of sp³-hybridized carbons (Fsp3) is 0.222. The number of ether oxygens (including phenoxy) is 1. The molecule has 1 heterocycles. The molecular weight excluding hydrogens is 326 g/mol. The molecule has 6 heteroatoms. The van der Waals surface area contributed by atoms with Gasteiger partial charge in [0.25, 0.3) is 0 Å². The van der Waals surface area contributed by atoms with Crippen LogP contribution in [0.2, 0.25) is 5.02 Å². The molecule has 0 bridgehead atoms. The van der Waals surface area contributed by atoms with E-state index in [1.807, 2.05) is 44.2 Å². The van der Waals surface area contributed by atoms with Gasteiger partial charge in [0.15, 0.2) is 0 Å². The number of methoxy groups -OCH3 is 1. The van der Waals surface area contributed by atoms with E-state index in [0.29, 0.717) is 23.3 Å². The van der Waals surface area contributed by atoms with E-state index < -0.39 is 0 Å². The van der Waals surface area contributed by atoms with Crippen molar-refractivity contribution in [2.45, 2.75) is 20.4 Å². The van der Waals surface area contributed by atoms with E-state index in [4.69, 9.17) is 20.8 Å². The van der Waals surface area contributed by atoms with Crippen LogP contribution in [0.25, 0.3) is 11.5 Å². The Balaban J connectivity index is 1.72. The molecule has 1 N–H and O–H groups in total. The molecule has 0 aliphatic carbocycles. The number of nitrogens with one attached hydrogen (secondary N) is 1. The second-order valence-corrected chi connectivity index (χ2v) is 5.93. The predicted octanol–water partition coefficient (Wildman–Crippen LogP) is 4.63. The van der Waals surface area contributed by atoms with Crippen LogP contribution in [0.15, 0.2) is 40.8 Å². The highest BCUT2D eigenvalue weighted by molar-refractivity contribution is 6.33. The number of hydrogen-bond acceptors (Lipinski definition) is 5. The van der Waals surface area contributed by atoms with Gasteiger partial charge in [-0.3, -0.25) is 0 Å². The highest BCUT2D eigenvalue weighted by atomic mass is 35.5. The zero-order valence-electron chi connectivity index (χ0n) is 13.8. The minimum absolute atomic E-state index is 0.409. The highest BCUT2D eigenvalue weighted by Crippen LogP contribution is 2.28. The number of hydrogen-bond donors (Lipinski definition) is 1. The molecule has 24 heavy (non-hydrogen) atoms. The van der Waals surface area contributed by atoms with Crippen molar-refractivity contribution in [1.29, 1.82) is 0 Å². The second kappa shape index (κ2) is 6.93. The maximum Gasteiger partial charge on any atom is 0.247 e. The van der Waals surface area contributed by atoms with Crippen molar-refractivity contribution in [3.05, 3.63) is 58.4 Å². The monoisotopic (exact) mass is 343 g/mol. The van der Waals surface area contributed by atoms with Gasteiger partial charge in [0.1, 0.15) is 5.75 Å². The third-order valence-electron chi connectivity index (χ3n) is 3.65. The largest absolute Gasteiger partial charge is 0.497 e. The Labute approximate surface area is 145 Å². The second-order valence-electron chi connectivity index (χ2n) is 5.52. The first kappa shape index (κ1) is 16.3. The molecule has 0 spiro atoms. The van der Waals surface area contributed by atoms with Gasteiger partial charge in [-0.25, -0.2) is 0 Å². The first-order valence-electron chi connectivity index (χ1n) is 7.54. The average molecular weight is 344 g/mol. The third kappa shape index (κ3) is 3.51. The Morgan fingerprint density at radius 1 is 1.12 bits per heavy atom. The lowest BCUT2D eigenvalue weighted by atomic mass is 10.1. The molecule has 0 saturated heterocycles. The van der Waals surface area contributed by atoms with Crippen LogP contribution in [-0.4, -0.2) is 17.3 Å². The molecule has 0 atom stereocenters. The Morgan fingerprint density at radius 2 is 1.88 bits per heavy atom. The van der Waals surface area contributed by atoms with E-state index in [9.17, 15) is 0 Å². The summed E-state index contributed by atoms with van der Waals surface area (Å²) in [5.41, 5.74) is 3.93. The van der Waals surface area contributed by atoms with Crippen LogP contribution >= 0.6 is 11.6 Å². The van der Waals surface area contributed by atoms with Crippen molar-refractivity contribution in [2.24, 2.45) is 0 Å². The molecule has 3 rings (SSSR count). The number of anilines is 1. The normalized spacial score (nSPS) is 10.7. The van der Waals surface area contributed by atoms with Gasteiger partial charge in [-0.2, -0.15) is 0 Å².